The Morgan fingerprint density at radius 3 is 1.26 bits per heavy atom. The lowest BCUT2D eigenvalue weighted by atomic mass is 9.69. The van der Waals surface area contributed by atoms with Crippen molar-refractivity contribution in [3.05, 3.63) is 0 Å². The maximum Gasteiger partial charge on any atom is 0.123 e. The van der Waals surface area contributed by atoms with Crippen molar-refractivity contribution in [2.45, 2.75) is 134 Å². The fraction of sp³-hybridized carbons (Fsp3) is 0.929. The van der Waals surface area contributed by atoms with Crippen molar-refractivity contribution in [2.75, 3.05) is 0 Å². The van der Waals surface area contributed by atoms with Crippen molar-refractivity contribution in [1.82, 2.24) is 4.90 Å². The zero-order chi connectivity index (χ0) is 21.6. The van der Waals surface area contributed by atoms with Crippen LogP contribution in [0.5, 0.6) is 0 Å². The van der Waals surface area contributed by atoms with Gasteiger partial charge in [-0.25, -0.2) is 0 Å². The molecule has 0 amide bonds. The van der Waals surface area contributed by atoms with Gasteiger partial charge in [0, 0.05) is 30.0 Å². The van der Waals surface area contributed by atoms with Gasteiger partial charge in [-0.05, 0) is 108 Å². The highest BCUT2D eigenvalue weighted by molar-refractivity contribution is 5.54. The van der Waals surface area contributed by atoms with E-state index in [-0.39, 0.29) is 0 Å². The summed E-state index contributed by atoms with van der Waals surface area (Å²) in [6, 6.07) is 2.10. The number of aldehydes is 2. The molecule has 4 fully saturated rings. The molecule has 0 aromatic heterocycles. The van der Waals surface area contributed by atoms with Gasteiger partial charge in [-0.2, -0.15) is 0 Å². The van der Waals surface area contributed by atoms with Crippen molar-refractivity contribution in [3.8, 4) is 0 Å². The van der Waals surface area contributed by atoms with Crippen LogP contribution in [0.15, 0.2) is 0 Å². The van der Waals surface area contributed by atoms with E-state index in [9.17, 15) is 9.59 Å². The van der Waals surface area contributed by atoms with E-state index >= 15 is 0 Å². The second-order valence-corrected chi connectivity index (χ2v) is 11.6. The average Bonchev–Trinajstić information content (AvgIpc) is 2.85. The molecule has 0 spiro atoms. The molecule has 4 aliphatic carbocycles. The maximum atomic E-state index is 11.3. The molecule has 4 saturated carbocycles. The Balaban J connectivity index is 1.35. The van der Waals surface area contributed by atoms with Gasteiger partial charge >= 0.3 is 0 Å². The Morgan fingerprint density at radius 2 is 0.903 bits per heavy atom. The molecule has 0 aliphatic heterocycles. The van der Waals surface area contributed by atoms with Crippen LogP contribution < -0.4 is 0 Å². The van der Waals surface area contributed by atoms with Gasteiger partial charge in [0.05, 0.1) is 0 Å². The summed E-state index contributed by atoms with van der Waals surface area (Å²) in [5, 5.41) is 0. The third-order valence-electron chi connectivity index (χ3n) is 10.0. The molecule has 0 aromatic rings. The highest BCUT2D eigenvalue weighted by atomic mass is 16.1. The van der Waals surface area contributed by atoms with E-state index in [1.54, 1.807) is 0 Å². The summed E-state index contributed by atoms with van der Waals surface area (Å²) < 4.78 is 0. The van der Waals surface area contributed by atoms with Crippen LogP contribution in [0.25, 0.3) is 0 Å². The summed E-state index contributed by atoms with van der Waals surface area (Å²) in [6.07, 6.45) is 24.6. The smallest absolute Gasteiger partial charge is 0.123 e. The lowest BCUT2D eigenvalue weighted by Gasteiger charge is -2.49. The van der Waals surface area contributed by atoms with Crippen molar-refractivity contribution in [1.29, 1.82) is 0 Å². The molecule has 0 bridgehead atoms. The second kappa shape index (κ2) is 11.4. The van der Waals surface area contributed by atoms with Crippen molar-refractivity contribution in [2.24, 2.45) is 29.6 Å². The van der Waals surface area contributed by atoms with Crippen molar-refractivity contribution < 1.29 is 9.59 Å². The number of nitrogens with zero attached hydrogens (tertiary/aromatic N) is 1. The molecule has 3 nitrogen and oxygen atoms in total. The van der Waals surface area contributed by atoms with Gasteiger partial charge in [-0.3, -0.25) is 4.90 Å². The van der Waals surface area contributed by atoms with E-state index in [1.165, 1.54) is 96.0 Å². The van der Waals surface area contributed by atoms with E-state index in [0.717, 1.165) is 49.5 Å². The van der Waals surface area contributed by atoms with Crippen LogP contribution in [0.1, 0.15) is 116 Å². The molecule has 176 valence electrons. The highest BCUT2D eigenvalue weighted by Gasteiger charge is 2.39. The van der Waals surface area contributed by atoms with Crippen LogP contribution >= 0.6 is 0 Å². The summed E-state index contributed by atoms with van der Waals surface area (Å²) in [6.45, 7) is 2.37. The van der Waals surface area contributed by atoms with Crippen molar-refractivity contribution in [3.63, 3.8) is 0 Å². The Bertz CT molecular complexity index is 517. The second-order valence-electron chi connectivity index (χ2n) is 11.6. The predicted molar refractivity (Wildman–Crippen MR) is 127 cm³/mol. The van der Waals surface area contributed by atoms with Crippen LogP contribution in [-0.4, -0.2) is 35.6 Å². The number of carbonyl (C=O) groups excluding carboxylic acids is 2. The molecule has 4 rings (SSSR count). The topological polar surface area (TPSA) is 37.4 Å². The molecule has 0 N–H and O–H groups in total. The van der Waals surface area contributed by atoms with E-state index in [1.807, 2.05) is 0 Å². The van der Waals surface area contributed by atoms with Crippen LogP contribution in [0.4, 0.5) is 0 Å². The molecule has 31 heavy (non-hydrogen) atoms. The Labute approximate surface area is 191 Å². The number of rotatable bonds is 7. The van der Waals surface area contributed by atoms with Gasteiger partial charge in [0.2, 0.25) is 0 Å². The van der Waals surface area contributed by atoms with E-state index in [0.29, 0.717) is 23.9 Å². The number of carbonyl (C=O) groups is 2. The molecule has 0 atom stereocenters. The van der Waals surface area contributed by atoms with Gasteiger partial charge < -0.3 is 9.59 Å². The predicted octanol–water partition coefficient (Wildman–Crippen LogP) is 6.58. The quantitative estimate of drug-likeness (QED) is 0.429. The zero-order valence-corrected chi connectivity index (χ0v) is 20.1. The van der Waals surface area contributed by atoms with E-state index in [4.69, 9.17) is 0 Å². The monoisotopic (exact) mass is 429 g/mol. The fourth-order valence-corrected chi connectivity index (χ4v) is 7.91. The van der Waals surface area contributed by atoms with Crippen LogP contribution in [0.2, 0.25) is 0 Å². The molecule has 0 unspecified atom stereocenters. The average molecular weight is 430 g/mol. The first-order chi connectivity index (χ1) is 15.2. The number of hydrogen-bond acceptors (Lipinski definition) is 3. The lowest BCUT2D eigenvalue weighted by molar-refractivity contribution is -0.112. The molecule has 0 aromatic carbocycles. The minimum Gasteiger partial charge on any atom is -0.303 e. The first kappa shape index (κ1) is 23.5. The van der Waals surface area contributed by atoms with Crippen LogP contribution in [0.3, 0.4) is 0 Å². The molecule has 0 saturated heterocycles. The minimum absolute atomic E-state index is 0.304. The summed E-state index contributed by atoms with van der Waals surface area (Å²) in [7, 11) is 0. The standard InChI is InChI=1S/C28H47NO2/c1-2-21-3-9-24(10-4-21)25-11-17-28(18-12-25)29(26-13-5-22(19-30)6-14-26)27-15-7-23(20-31)8-16-27/h19-28H,2-18H2,1H3. The van der Waals surface area contributed by atoms with Gasteiger partial charge in [0.15, 0.2) is 0 Å². The summed E-state index contributed by atoms with van der Waals surface area (Å²) in [5.74, 6) is 3.60. The summed E-state index contributed by atoms with van der Waals surface area (Å²) in [5.41, 5.74) is 0. The zero-order valence-electron chi connectivity index (χ0n) is 20.1. The number of hydrogen-bond donors (Lipinski definition) is 0. The third kappa shape index (κ3) is 5.81. The van der Waals surface area contributed by atoms with Crippen LogP contribution in [-0.2, 0) is 9.59 Å². The normalized spacial score (nSPS) is 42.3. The molecule has 4 aliphatic rings. The lowest BCUT2D eigenvalue weighted by Crippen LogP contribution is -2.53. The largest absolute Gasteiger partial charge is 0.303 e. The first-order valence-electron chi connectivity index (χ1n) is 13.9. The molecule has 0 radical (unpaired) electrons. The fourth-order valence-electron chi connectivity index (χ4n) is 7.91. The maximum absolute atomic E-state index is 11.3. The molecular weight excluding hydrogens is 382 g/mol. The molecule has 0 heterocycles. The SMILES string of the molecule is CCC1CCC(C2CCC(N(C3CCC(C=O)CC3)C3CCC(C=O)CC3)CC2)CC1. The van der Waals surface area contributed by atoms with E-state index < -0.39 is 0 Å². The minimum atomic E-state index is 0.304. The van der Waals surface area contributed by atoms with Gasteiger partial charge in [0.1, 0.15) is 12.6 Å². The molecule has 3 heteroatoms. The van der Waals surface area contributed by atoms with Gasteiger partial charge in [-0.15, -0.1) is 0 Å². The Morgan fingerprint density at radius 1 is 0.548 bits per heavy atom. The van der Waals surface area contributed by atoms with Crippen LogP contribution in [0, 0.1) is 29.6 Å². The Kier molecular flexibility index (Phi) is 8.65. The van der Waals surface area contributed by atoms with Crippen molar-refractivity contribution >= 4 is 12.6 Å². The van der Waals surface area contributed by atoms with E-state index in [2.05, 4.69) is 11.8 Å². The first-order valence-corrected chi connectivity index (χ1v) is 13.9. The summed E-state index contributed by atoms with van der Waals surface area (Å²) in [4.78, 5) is 25.5. The summed E-state index contributed by atoms with van der Waals surface area (Å²) >= 11 is 0. The van der Waals surface area contributed by atoms with Gasteiger partial charge in [-0.1, -0.05) is 26.2 Å². The third-order valence-corrected chi connectivity index (χ3v) is 10.0. The Hall–Kier alpha value is -0.700. The van der Waals surface area contributed by atoms with Gasteiger partial charge in [0.25, 0.3) is 0 Å². The molecular formula is C28H47NO2. The highest BCUT2D eigenvalue weighted by Crippen LogP contribution is 2.44.